The number of amides is 3. The largest absolute Gasteiger partial charge is 0.455 e. The first-order valence-corrected chi connectivity index (χ1v) is 19.6. The van der Waals surface area contributed by atoms with Gasteiger partial charge in [-0.05, 0) is 62.1 Å². The second-order valence-corrected chi connectivity index (χ2v) is 15.5. The number of rotatable bonds is 10. The van der Waals surface area contributed by atoms with Gasteiger partial charge in [0.25, 0.3) is 5.91 Å². The highest BCUT2D eigenvalue weighted by Gasteiger charge is 2.75. The van der Waals surface area contributed by atoms with E-state index in [2.05, 4.69) is 40.0 Å². The van der Waals surface area contributed by atoms with E-state index in [1.165, 1.54) is 12.0 Å². The van der Waals surface area contributed by atoms with Crippen LogP contribution >= 0.6 is 15.9 Å². The van der Waals surface area contributed by atoms with E-state index < -0.39 is 72.2 Å². The van der Waals surface area contributed by atoms with E-state index >= 15 is 4.79 Å². The van der Waals surface area contributed by atoms with Gasteiger partial charge in [-0.3, -0.25) is 19.2 Å². The van der Waals surface area contributed by atoms with Gasteiger partial charge in [0.15, 0.2) is 0 Å². The Morgan fingerprint density at radius 2 is 1.70 bits per heavy atom. The average molecular weight is 808 g/mol. The van der Waals surface area contributed by atoms with Crippen LogP contribution in [0.2, 0.25) is 0 Å². The lowest BCUT2D eigenvalue weighted by Gasteiger charge is -2.40. The Balaban J connectivity index is 1.50. The Bertz CT molecular complexity index is 1750. The summed E-state index contributed by atoms with van der Waals surface area (Å²) in [5.41, 5.74) is 0.706. The molecule has 13 heteroatoms. The Labute approximate surface area is 325 Å². The number of methoxy groups -OCH3 is 1. The van der Waals surface area contributed by atoms with Crippen LogP contribution < -0.4 is 15.1 Å². The number of aliphatic hydroxyl groups is 1. The molecule has 290 valence electrons. The van der Waals surface area contributed by atoms with E-state index in [9.17, 15) is 19.5 Å². The van der Waals surface area contributed by atoms with Crippen molar-refractivity contribution in [2.24, 2.45) is 17.8 Å². The maximum atomic E-state index is 15.3. The van der Waals surface area contributed by atoms with E-state index in [4.69, 9.17) is 14.2 Å². The van der Waals surface area contributed by atoms with Crippen molar-refractivity contribution < 1.29 is 38.5 Å². The van der Waals surface area contributed by atoms with Gasteiger partial charge in [-0.15, -0.1) is 0 Å². The van der Waals surface area contributed by atoms with Gasteiger partial charge in [0, 0.05) is 49.0 Å². The first-order chi connectivity index (χ1) is 26.0. The van der Waals surface area contributed by atoms with E-state index in [0.29, 0.717) is 22.2 Å². The zero-order valence-corrected chi connectivity index (χ0v) is 33.1. The van der Waals surface area contributed by atoms with Gasteiger partial charge in [-0.25, -0.2) is 0 Å². The smallest absolute Gasteiger partial charge is 0.313 e. The third kappa shape index (κ3) is 7.23. The molecule has 0 saturated carbocycles. The molecule has 2 aromatic rings. The molecular formula is C41H51BrN4O8. The normalized spacial score (nSPS) is 29.9. The molecule has 2 fully saturated rings. The summed E-state index contributed by atoms with van der Waals surface area (Å²) in [5, 5.41) is 13.8. The van der Waals surface area contributed by atoms with Crippen molar-refractivity contribution in [2.75, 3.05) is 49.8 Å². The molecule has 0 aliphatic carbocycles. The molecule has 2 aromatic carbocycles. The monoisotopic (exact) mass is 806 g/mol. The van der Waals surface area contributed by atoms with Gasteiger partial charge in [-0.2, -0.15) is 0 Å². The molecule has 4 aliphatic heterocycles. The molecule has 0 radical (unpaired) electrons. The average Bonchev–Trinajstić information content (AvgIpc) is 3.76. The fourth-order valence-electron chi connectivity index (χ4n) is 8.49. The quantitative estimate of drug-likeness (QED) is 0.262. The number of anilines is 2. The van der Waals surface area contributed by atoms with Crippen LogP contribution in [0, 0.1) is 17.8 Å². The molecule has 0 aromatic heterocycles. The van der Waals surface area contributed by atoms with Gasteiger partial charge in [0.1, 0.15) is 29.8 Å². The minimum Gasteiger partial charge on any atom is -0.455 e. The topological polar surface area (TPSA) is 138 Å². The van der Waals surface area contributed by atoms with Crippen LogP contribution in [0.1, 0.15) is 52.2 Å². The summed E-state index contributed by atoms with van der Waals surface area (Å²) in [7, 11) is 1.51. The van der Waals surface area contributed by atoms with Crippen molar-refractivity contribution in [1.29, 1.82) is 0 Å². The molecule has 8 atom stereocenters. The van der Waals surface area contributed by atoms with Gasteiger partial charge in [-0.1, -0.05) is 72.3 Å². The van der Waals surface area contributed by atoms with Crippen LogP contribution in [0.5, 0.6) is 0 Å². The summed E-state index contributed by atoms with van der Waals surface area (Å²) in [5.74, 6) is -4.34. The van der Waals surface area contributed by atoms with Crippen LogP contribution in [0.3, 0.4) is 0 Å². The van der Waals surface area contributed by atoms with Crippen LogP contribution in [0.4, 0.5) is 11.4 Å². The number of nitrogens with zero attached hydrogens (tertiary/aromatic N) is 3. The summed E-state index contributed by atoms with van der Waals surface area (Å²) in [6.45, 7) is 9.36. The van der Waals surface area contributed by atoms with Gasteiger partial charge < -0.3 is 39.3 Å². The molecule has 5 bridgehead atoms. The first-order valence-electron chi connectivity index (χ1n) is 18.8. The van der Waals surface area contributed by atoms with Crippen molar-refractivity contribution in [3.05, 3.63) is 82.9 Å². The van der Waals surface area contributed by atoms with Gasteiger partial charge in [0.2, 0.25) is 11.8 Å². The van der Waals surface area contributed by atoms with Crippen LogP contribution in [0.25, 0.3) is 0 Å². The fourth-order valence-corrected chi connectivity index (χ4v) is 9.23. The summed E-state index contributed by atoms with van der Waals surface area (Å²) >= 11 is 3.63. The molecule has 54 heavy (non-hydrogen) atoms. The Morgan fingerprint density at radius 1 is 1.00 bits per heavy atom. The highest BCUT2D eigenvalue weighted by atomic mass is 79.9. The molecule has 4 heterocycles. The van der Waals surface area contributed by atoms with Crippen LogP contribution in [-0.2, 0) is 33.4 Å². The Kier molecular flexibility index (Phi) is 12.3. The Morgan fingerprint density at radius 3 is 2.33 bits per heavy atom. The summed E-state index contributed by atoms with van der Waals surface area (Å²) in [4.78, 5) is 63.5. The van der Waals surface area contributed by atoms with Crippen molar-refractivity contribution in [1.82, 2.24) is 10.2 Å². The second kappa shape index (κ2) is 16.8. The number of carbonyl (C=O) groups is 4. The van der Waals surface area contributed by atoms with Crippen molar-refractivity contribution in [3.8, 4) is 0 Å². The summed E-state index contributed by atoms with van der Waals surface area (Å²) in [6.07, 6.45) is 4.13. The summed E-state index contributed by atoms with van der Waals surface area (Å²) in [6, 6.07) is 14.1. The zero-order valence-electron chi connectivity index (χ0n) is 31.5. The Hall–Kier alpha value is -4.04. The molecular weight excluding hydrogens is 756 g/mol. The molecule has 0 unspecified atom stereocenters. The number of halogens is 1. The number of likely N-dealkylation sites (tertiary alicyclic amines) is 1. The molecule has 2 N–H and O–H groups in total. The number of cyclic esters (lactones) is 1. The predicted octanol–water partition coefficient (Wildman–Crippen LogP) is 4.52. The number of hydrogen-bond donors (Lipinski definition) is 2. The minimum atomic E-state index is -1.54. The van der Waals surface area contributed by atoms with Crippen molar-refractivity contribution in [3.63, 3.8) is 0 Å². The number of aliphatic hydroxyl groups excluding tert-OH is 1. The summed E-state index contributed by atoms with van der Waals surface area (Å²) < 4.78 is 19.1. The predicted molar refractivity (Wildman–Crippen MR) is 208 cm³/mol. The lowest BCUT2D eigenvalue weighted by molar-refractivity contribution is -0.162. The fraction of sp³-hybridized carbons (Fsp3) is 0.512. The van der Waals surface area contributed by atoms with Crippen LogP contribution in [0.15, 0.2) is 77.3 Å². The first kappa shape index (κ1) is 39.6. The molecule has 6 rings (SSSR count). The van der Waals surface area contributed by atoms with Crippen molar-refractivity contribution in [2.45, 2.75) is 76.5 Å². The lowest BCUT2D eigenvalue weighted by atomic mass is 9.74. The standard InChI is InChI=1S/C41H51BrN4O8/c1-6-44(7-2)27-17-19-28(20-18-27)45-21-13-9-12-16-32(48)43-30(24-52-5)35(26-14-10-8-11-15-26)53-40(51)33-34-38(49)46(31(23-47)25(3)4)37(39(45)50)41(34)22-29(42)36(33)54-41/h8-11,13-15,17-20,22,25,30-31,33-37,47H,6-7,12,16,21,23-24H2,1-5H3,(H,43,48)/b13-9-/t30-,31+,33+,34-,35-,36+,37+,41-/m1/s1. The molecule has 12 nitrogen and oxygen atoms in total. The van der Waals surface area contributed by atoms with Crippen molar-refractivity contribution >= 4 is 51.0 Å². The second-order valence-electron chi connectivity index (χ2n) is 14.6. The number of benzene rings is 2. The number of fused-ring (bicyclic) bond motifs is 2. The maximum absolute atomic E-state index is 15.3. The number of carbonyl (C=O) groups excluding carboxylic acids is 4. The number of hydrogen-bond acceptors (Lipinski definition) is 9. The maximum Gasteiger partial charge on any atom is 0.313 e. The number of allylic oxidation sites excluding steroid dienone is 1. The number of esters is 1. The number of nitrogens with one attached hydrogen (secondary N) is 1. The van der Waals surface area contributed by atoms with E-state index in [1.807, 2.05) is 68.5 Å². The SMILES string of the molecule is CCN(CC)c1ccc(N2C/C=C\CCC(=O)N[C@H](COC)[C@@H](c3ccccc3)OC(=O)[C@@H]3[C@H]4O[C@@]5(C=C4Br)[C@H](C2=O)N([C@@H](CO)C(C)C)C(=O)[C@@H]35)cc1. The minimum absolute atomic E-state index is 0.0495. The van der Waals surface area contributed by atoms with Gasteiger partial charge in [0.05, 0.1) is 31.2 Å². The lowest BCUT2D eigenvalue weighted by Crippen LogP contribution is -2.59. The third-order valence-corrected chi connectivity index (χ3v) is 11.8. The highest BCUT2D eigenvalue weighted by molar-refractivity contribution is 9.11. The molecule has 2 saturated heterocycles. The highest BCUT2D eigenvalue weighted by Crippen LogP contribution is 2.59. The zero-order chi connectivity index (χ0) is 38.7. The molecule has 3 amide bonds. The van der Waals surface area contributed by atoms with Gasteiger partial charge >= 0.3 is 5.97 Å². The third-order valence-electron chi connectivity index (χ3n) is 11.2. The van der Waals surface area contributed by atoms with E-state index in [-0.39, 0.29) is 31.4 Å². The molecule has 1 spiro atoms. The number of ether oxygens (including phenoxy) is 3. The molecule has 4 aliphatic rings. The van der Waals surface area contributed by atoms with Crippen LogP contribution in [-0.4, -0.2) is 103 Å². The van der Waals surface area contributed by atoms with E-state index in [1.54, 1.807) is 23.1 Å². The van der Waals surface area contributed by atoms with E-state index in [0.717, 1.165) is 18.8 Å².